The van der Waals surface area contributed by atoms with Gasteiger partial charge in [0, 0.05) is 12.1 Å². The van der Waals surface area contributed by atoms with Gasteiger partial charge < -0.3 is 14.0 Å². The molecule has 10 heteroatoms. The van der Waals surface area contributed by atoms with Crippen molar-refractivity contribution in [3.63, 3.8) is 0 Å². The third-order valence-electron chi connectivity index (χ3n) is 2.74. The second-order valence-corrected chi connectivity index (χ2v) is 7.40. The molecule has 0 atom stereocenters. The van der Waals surface area contributed by atoms with Gasteiger partial charge in [-0.2, -0.15) is 13.2 Å². The van der Waals surface area contributed by atoms with Gasteiger partial charge in [0.05, 0.1) is 33.4 Å². The Balaban J connectivity index is 0.000000515. The van der Waals surface area contributed by atoms with Gasteiger partial charge in [-0.1, -0.05) is 0 Å². The maximum absolute atomic E-state index is 10.8. The molecule has 0 fully saturated rings. The van der Waals surface area contributed by atoms with Crippen LogP contribution in [0.2, 0.25) is 0 Å². The Morgan fingerprint density at radius 1 is 1.30 bits per heavy atom. The number of H-pyrrole nitrogens is 1. The standard InChI is InChI=1S/C12H20N2O.CHF3O3S/c1-10-8-11(12(9-15)13-10)6-5-7-14(2,3)4;2-1(3,4)8(5,6)7/h8-9H,5-7H2,1-4H3;(H,5,6,7). The topological polar surface area (TPSA) is 90.1 Å². The van der Waals surface area contributed by atoms with E-state index in [0.29, 0.717) is 0 Å². The fraction of sp³-hybridized carbons (Fsp3) is 0.615. The van der Waals surface area contributed by atoms with Crippen molar-refractivity contribution in [3.05, 3.63) is 23.0 Å². The van der Waals surface area contributed by atoms with Crippen LogP contribution in [-0.2, 0) is 16.5 Å². The first-order chi connectivity index (χ1) is 10.2. The zero-order valence-electron chi connectivity index (χ0n) is 13.4. The van der Waals surface area contributed by atoms with Crippen molar-refractivity contribution in [2.24, 2.45) is 0 Å². The number of carbonyl (C=O) groups excluding carboxylic acids is 1. The summed E-state index contributed by atoms with van der Waals surface area (Å²) >= 11 is 0. The largest absolute Gasteiger partial charge is 0.741 e. The third-order valence-corrected chi connectivity index (χ3v) is 3.31. The molecule has 6 nitrogen and oxygen atoms in total. The van der Waals surface area contributed by atoms with Crippen molar-refractivity contribution in [1.82, 2.24) is 4.98 Å². The summed E-state index contributed by atoms with van der Waals surface area (Å²) in [5.41, 5.74) is -2.69. The van der Waals surface area contributed by atoms with E-state index in [-0.39, 0.29) is 0 Å². The summed E-state index contributed by atoms with van der Waals surface area (Å²) in [7, 11) is 0.460. The van der Waals surface area contributed by atoms with Gasteiger partial charge in [-0.3, -0.25) is 4.79 Å². The van der Waals surface area contributed by atoms with Crippen LogP contribution in [0.25, 0.3) is 0 Å². The molecule has 0 aliphatic carbocycles. The van der Waals surface area contributed by atoms with Crippen LogP contribution in [0.4, 0.5) is 13.2 Å². The van der Waals surface area contributed by atoms with Crippen molar-refractivity contribution in [3.8, 4) is 0 Å². The first kappa shape index (κ1) is 21.6. The third kappa shape index (κ3) is 8.72. The summed E-state index contributed by atoms with van der Waals surface area (Å²) in [6.45, 7) is 3.11. The minimum atomic E-state index is -6.09. The fourth-order valence-electron chi connectivity index (χ4n) is 1.72. The van der Waals surface area contributed by atoms with Crippen LogP contribution in [0.3, 0.4) is 0 Å². The number of hydrogen-bond acceptors (Lipinski definition) is 4. The Hall–Kier alpha value is -1.39. The Bertz CT molecular complexity index is 616. The Kier molecular flexibility index (Phi) is 7.45. The summed E-state index contributed by atoms with van der Waals surface area (Å²) < 4.78 is 59.9. The van der Waals surface area contributed by atoms with Crippen molar-refractivity contribution in [1.29, 1.82) is 0 Å². The number of carbonyl (C=O) groups is 1. The summed E-state index contributed by atoms with van der Waals surface area (Å²) in [6, 6.07) is 2.07. The van der Waals surface area contributed by atoms with Crippen LogP contribution < -0.4 is 0 Å². The average molecular weight is 358 g/mol. The molecule has 0 aromatic carbocycles. The summed E-state index contributed by atoms with van der Waals surface area (Å²) in [5, 5.41) is 0. The molecule has 0 aliphatic rings. The molecule has 1 aromatic heterocycles. The van der Waals surface area contributed by atoms with Gasteiger partial charge >= 0.3 is 5.51 Å². The van der Waals surface area contributed by atoms with Crippen molar-refractivity contribution in [2.75, 3.05) is 27.7 Å². The molecule has 0 spiro atoms. The van der Waals surface area contributed by atoms with E-state index in [1.54, 1.807) is 0 Å². The zero-order valence-corrected chi connectivity index (χ0v) is 14.2. The molecule has 0 amide bonds. The molecule has 0 aliphatic heterocycles. The molecule has 0 unspecified atom stereocenters. The minimum Gasteiger partial charge on any atom is -0.741 e. The first-order valence-electron chi connectivity index (χ1n) is 6.63. The lowest BCUT2D eigenvalue weighted by Gasteiger charge is -2.23. The number of rotatable bonds is 5. The summed E-state index contributed by atoms with van der Waals surface area (Å²) in [5.74, 6) is 0. The van der Waals surface area contributed by atoms with E-state index >= 15 is 0 Å². The van der Waals surface area contributed by atoms with Crippen molar-refractivity contribution in [2.45, 2.75) is 25.3 Å². The maximum Gasteiger partial charge on any atom is 0.485 e. The smallest absolute Gasteiger partial charge is 0.485 e. The van der Waals surface area contributed by atoms with E-state index < -0.39 is 15.6 Å². The van der Waals surface area contributed by atoms with Gasteiger partial charge in [0.25, 0.3) is 0 Å². The molecule has 23 heavy (non-hydrogen) atoms. The highest BCUT2D eigenvalue weighted by molar-refractivity contribution is 7.86. The van der Waals surface area contributed by atoms with Gasteiger partial charge in [-0.25, -0.2) is 8.42 Å². The molecule has 0 saturated heterocycles. The van der Waals surface area contributed by atoms with E-state index in [4.69, 9.17) is 13.0 Å². The molecule has 0 bridgehead atoms. The highest BCUT2D eigenvalue weighted by Gasteiger charge is 2.36. The van der Waals surface area contributed by atoms with Gasteiger partial charge in [-0.15, -0.1) is 0 Å². The van der Waals surface area contributed by atoms with Gasteiger partial charge in [0.15, 0.2) is 16.4 Å². The van der Waals surface area contributed by atoms with Crippen LogP contribution in [0.1, 0.15) is 28.2 Å². The van der Waals surface area contributed by atoms with Crippen LogP contribution >= 0.6 is 0 Å². The maximum atomic E-state index is 10.8. The number of halogens is 3. The van der Waals surface area contributed by atoms with Crippen LogP contribution in [0, 0.1) is 6.92 Å². The second kappa shape index (κ2) is 7.93. The Morgan fingerprint density at radius 2 is 1.78 bits per heavy atom. The van der Waals surface area contributed by atoms with Gasteiger partial charge in [0.2, 0.25) is 0 Å². The number of aromatic nitrogens is 1. The number of nitrogens with zero attached hydrogens (tertiary/aromatic N) is 1. The van der Waals surface area contributed by atoms with Crippen LogP contribution in [0.5, 0.6) is 0 Å². The van der Waals surface area contributed by atoms with Crippen LogP contribution in [0.15, 0.2) is 6.07 Å². The van der Waals surface area contributed by atoms with Crippen molar-refractivity contribution < 1.29 is 35.4 Å². The summed E-state index contributed by atoms with van der Waals surface area (Å²) in [6.07, 6.45) is 3.00. The first-order valence-corrected chi connectivity index (χ1v) is 8.04. The highest BCUT2D eigenvalue weighted by atomic mass is 32.2. The van der Waals surface area contributed by atoms with Crippen molar-refractivity contribution >= 4 is 16.4 Å². The monoisotopic (exact) mass is 358 g/mol. The van der Waals surface area contributed by atoms with E-state index in [1.165, 1.54) is 0 Å². The molecule has 1 heterocycles. The van der Waals surface area contributed by atoms with Gasteiger partial charge in [0.1, 0.15) is 0 Å². The summed E-state index contributed by atoms with van der Waals surface area (Å²) in [4.78, 5) is 13.8. The van der Waals surface area contributed by atoms with Gasteiger partial charge in [-0.05, 0) is 25.0 Å². The Labute approximate surface area is 133 Å². The normalized spacial score (nSPS) is 12.5. The predicted octanol–water partition coefficient (Wildman–Crippen LogP) is 1.83. The number of aromatic amines is 1. The molecule has 1 N–H and O–H groups in total. The molecular weight excluding hydrogens is 337 g/mol. The molecule has 0 radical (unpaired) electrons. The average Bonchev–Trinajstić information content (AvgIpc) is 2.66. The lowest BCUT2D eigenvalue weighted by Crippen LogP contribution is -2.35. The Morgan fingerprint density at radius 3 is 2.13 bits per heavy atom. The second-order valence-electron chi connectivity index (χ2n) is 6.03. The predicted molar refractivity (Wildman–Crippen MR) is 77.9 cm³/mol. The number of alkyl halides is 3. The highest BCUT2D eigenvalue weighted by Crippen LogP contribution is 2.20. The molecule has 134 valence electrons. The van der Waals surface area contributed by atoms with Crippen LogP contribution in [-0.4, -0.2) is 61.9 Å². The molecule has 1 aromatic rings. The minimum absolute atomic E-state index is 0.744. The molecule has 1 rings (SSSR count). The molecule has 0 saturated carbocycles. The van der Waals surface area contributed by atoms with E-state index in [1.807, 2.05) is 6.92 Å². The molecular formula is C13H21F3N2O4S. The number of quaternary nitrogens is 1. The van der Waals surface area contributed by atoms with E-state index in [2.05, 4.69) is 32.2 Å². The lowest BCUT2D eigenvalue weighted by molar-refractivity contribution is -0.870. The number of aldehydes is 1. The van der Waals surface area contributed by atoms with E-state index in [0.717, 1.165) is 47.1 Å². The zero-order chi connectivity index (χ0) is 18.5. The number of hydrogen-bond donors (Lipinski definition) is 1. The fourth-order valence-corrected chi connectivity index (χ4v) is 1.72. The lowest BCUT2D eigenvalue weighted by atomic mass is 10.1. The van der Waals surface area contributed by atoms with E-state index in [9.17, 15) is 18.0 Å². The number of aryl methyl sites for hydroxylation is 2. The number of nitrogens with one attached hydrogen (secondary N) is 1. The SMILES string of the molecule is Cc1cc(CCC[N+](C)(C)C)c(C=O)[nH]1.O=S(=O)([O-])C(F)(F)F. The quantitative estimate of drug-likeness (QED) is 0.376.